The lowest BCUT2D eigenvalue weighted by molar-refractivity contribution is 0.577. The van der Waals surface area contributed by atoms with Crippen molar-refractivity contribution in [3.8, 4) is 0 Å². The minimum absolute atomic E-state index is 0.236. The van der Waals surface area contributed by atoms with Gasteiger partial charge in [0.05, 0.1) is 11.0 Å². The molecule has 0 amide bonds. The number of benzene rings is 1. The highest BCUT2D eigenvalue weighted by molar-refractivity contribution is 7.91. The topological polar surface area (TPSA) is 34.1 Å². The molecule has 0 aliphatic rings. The summed E-state index contributed by atoms with van der Waals surface area (Å²) >= 11 is 1.80. The van der Waals surface area contributed by atoms with Gasteiger partial charge in [-0.1, -0.05) is 31.4 Å². The number of thiophene rings is 1. The van der Waals surface area contributed by atoms with E-state index in [4.69, 9.17) is 0 Å². The van der Waals surface area contributed by atoms with Crippen LogP contribution in [0.2, 0.25) is 0 Å². The first kappa shape index (κ1) is 17.5. The average molecular weight is 339 g/mol. The van der Waals surface area contributed by atoms with E-state index in [2.05, 4.69) is 29.6 Å². The lowest BCUT2D eigenvalue weighted by Crippen LogP contribution is -2.17. The van der Waals surface area contributed by atoms with Crippen LogP contribution in [0.4, 0.5) is 0 Å². The van der Waals surface area contributed by atoms with Crippen LogP contribution in [0.25, 0.3) is 10.1 Å². The summed E-state index contributed by atoms with van der Waals surface area (Å²) in [4.78, 5) is 0. The zero-order chi connectivity index (χ0) is 16.0. The molecule has 0 N–H and O–H groups in total. The summed E-state index contributed by atoms with van der Waals surface area (Å²) in [7, 11) is -2.85. The SMILES string of the molecule is CC(C)S(=O)(=O)CCCCCCCc1ccc2ccsc2c1. The van der Waals surface area contributed by atoms with Crippen molar-refractivity contribution < 1.29 is 8.42 Å². The molecule has 1 heterocycles. The van der Waals surface area contributed by atoms with Crippen molar-refractivity contribution in [2.45, 2.75) is 57.6 Å². The van der Waals surface area contributed by atoms with Gasteiger partial charge in [0, 0.05) is 4.70 Å². The summed E-state index contributed by atoms with van der Waals surface area (Å²) in [6, 6.07) is 8.90. The van der Waals surface area contributed by atoms with Crippen LogP contribution < -0.4 is 0 Å². The quantitative estimate of drug-likeness (QED) is 0.588. The predicted molar refractivity (Wildman–Crippen MR) is 97.5 cm³/mol. The van der Waals surface area contributed by atoms with Crippen LogP contribution in [0.15, 0.2) is 29.6 Å². The van der Waals surface area contributed by atoms with Crippen molar-refractivity contribution in [1.82, 2.24) is 0 Å². The Morgan fingerprint density at radius 2 is 1.73 bits per heavy atom. The zero-order valence-electron chi connectivity index (χ0n) is 13.5. The van der Waals surface area contributed by atoms with E-state index in [9.17, 15) is 8.42 Å². The molecule has 0 fully saturated rings. The van der Waals surface area contributed by atoms with Gasteiger partial charge in [-0.15, -0.1) is 11.3 Å². The Kier molecular flexibility index (Phi) is 6.45. The van der Waals surface area contributed by atoms with Gasteiger partial charge in [-0.25, -0.2) is 8.42 Å². The Labute approximate surface area is 138 Å². The minimum atomic E-state index is -2.85. The van der Waals surface area contributed by atoms with E-state index in [1.165, 1.54) is 28.5 Å². The molecule has 1 aromatic carbocycles. The molecule has 0 radical (unpaired) electrons. The van der Waals surface area contributed by atoms with Crippen LogP contribution in [0.5, 0.6) is 0 Å². The summed E-state index contributed by atoms with van der Waals surface area (Å²) < 4.78 is 24.8. The standard InChI is InChI=1S/C18H26O2S2/c1-15(2)22(19,20)13-7-5-3-4-6-8-16-9-10-17-11-12-21-18(17)14-16/h9-12,14-15H,3-8,13H2,1-2H3. The van der Waals surface area contributed by atoms with E-state index in [1.807, 2.05) is 0 Å². The highest BCUT2D eigenvalue weighted by Crippen LogP contribution is 2.22. The second kappa shape index (κ2) is 8.11. The molecule has 0 saturated heterocycles. The van der Waals surface area contributed by atoms with Gasteiger partial charge in [0.25, 0.3) is 0 Å². The Balaban J connectivity index is 1.61. The molecule has 2 aromatic rings. The van der Waals surface area contributed by atoms with E-state index in [0.717, 1.165) is 25.7 Å². The van der Waals surface area contributed by atoms with E-state index >= 15 is 0 Å². The highest BCUT2D eigenvalue weighted by Gasteiger charge is 2.14. The summed E-state index contributed by atoms with van der Waals surface area (Å²) in [5.74, 6) is 0.347. The van der Waals surface area contributed by atoms with Gasteiger partial charge >= 0.3 is 0 Å². The van der Waals surface area contributed by atoms with Crippen molar-refractivity contribution in [2.75, 3.05) is 5.75 Å². The number of sulfone groups is 1. The van der Waals surface area contributed by atoms with Crippen molar-refractivity contribution in [2.24, 2.45) is 0 Å². The predicted octanol–water partition coefficient (Wildman–Crippen LogP) is 5.22. The van der Waals surface area contributed by atoms with Crippen LogP contribution in [0, 0.1) is 0 Å². The van der Waals surface area contributed by atoms with Gasteiger partial charge in [-0.05, 0) is 61.6 Å². The number of hydrogen-bond acceptors (Lipinski definition) is 3. The second-order valence-corrected chi connectivity index (χ2v) is 9.85. The third-order valence-corrected chi connectivity index (χ3v) is 7.31. The van der Waals surface area contributed by atoms with Gasteiger partial charge in [-0.2, -0.15) is 0 Å². The molecule has 4 heteroatoms. The Bertz CT molecular complexity index is 684. The zero-order valence-corrected chi connectivity index (χ0v) is 15.2. The molecule has 2 nitrogen and oxygen atoms in total. The first-order chi connectivity index (χ1) is 10.5. The van der Waals surface area contributed by atoms with E-state index < -0.39 is 9.84 Å². The molecule has 0 unspecified atom stereocenters. The van der Waals surface area contributed by atoms with Gasteiger partial charge in [-0.3, -0.25) is 0 Å². The van der Waals surface area contributed by atoms with Crippen LogP contribution >= 0.6 is 11.3 Å². The fourth-order valence-electron chi connectivity index (χ4n) is 2.55. The second-order valence-electron chi connectivity index (χ2n) is 6.23. The summed E-state index contributed by atoms with van der Waals surface area (Å²) in [5.41, 5.74) is 1.41. The fourth-order valence-corrected chi connectivity index (χ4v) is 4.48. The molecule has 0 saturated carbocycles. The monoisotopic (exact) mass is 338 g/mol. The summed E-state index contributed by atoms with van der Waals surface area (Å²) in [6.45, 7) is 3.53. The third-order valence-electron chi connectivity index (χ3n) is 4.13. The molecular weight excluding hydrogens is 312 g/mol. The lowest BCUT2D eigenvalue weighted by Gasteiger charge is -2.07. The lowest BCUT2D eigenvalue weighted by atomic mass is 10.0. The summed E-state index contributed by atoms with van der Waals surface area (Å²) in [5, 5.41) is 3.24. The molecule has 0 aliphatic heterocycles. The van der Waals surface area contributed by atoms with Crippen LogP contribution in [0.1, 0.15) is 51.5 Å². The first-order valence-electron chi connectivity index (χ1n) is 8.17. The molecule has 0 bridgehead atoms. The number of aryl methyl sites for hydroxylation is 1. The molecule has 2 rings (SSSR count). The molecule has 0 aliphatic carbocycles. The third kappa shape index (κ3) is 5.10. The first-order valence-corrected chi connectivity index (χ1v) is 10.8. The molecule has 122 valence electrons. The molecular formula is C18H26O2S2. The number of fused-ring (bicyclic) bond motifs is 1. The average Bonchev–Trinajstić information content (AvgIpc) is 2.93. The Hall–Kier alpha value is -0.870. The highest BCUT2D eigenvalue weighted by atomic mass is 32.2. The number of rotatable bonds is 9. The van der Waals surface area contributed by atoms with E-state index in [1.54, 1.807) is 25.2 Å². The maximum Gasteiger partial charge on any atom is 0.152 e. The number of unbranched alkanes of at least 4 members (excludes halogenated alkanes) is 4. The van der Waals surface area contributed by atoms with Crippen molar-refractivity contribution in [3.63, 3.8) is 0 Å². The molecule has 1 aromatic heterocycles. The summed E-state index contributed by atoms with van der Waals surface area (Å²) in [6.07, 6.45) is 6.46. The van der Waals surface area contributed by atoms with Gasteiger partial charge in [0.1, 0.15) is 0 Å². The van der Waals surface area contributed by atoms with Crippen LogP contribution in [0.3, 0.4) is 0 Å². The fraction of sp³-hybridized carbons (Fsp3) is 0.556. The molecule has 0 atom stereocenters. The van der Waals surface area contributed by atoms with Gasteiger partial charge in [0.2, 0.25) is 0 Å². The van der Waals surface area contributed by atoms with E-state index in [-0.39, 0.29) is 5.25 Å². The van der Waals surface area contributed by atoms with Crippen molar-refractivity contribution in [3.05, 3.63) is 35.2 Å². The molecule has 22 heavy (non-hydrogen) atoms. The normalized spacial score (nSPS) is 12.3. The largest absolute Gasteiger partial charge is 0.229 e. The Morgan fingerprint density at radius 1 is 1.00 bits per heavy atom. The van der Waals surface area contributed by atoms with Crippen LogP contribution in [-0.4, -0.2) is 19.4 Å². The smallest absolute Gasteiger partial charge is 0.152 e. The Morgan fingerprint density at radius 3 is 2.50 bits per heavy atom. The van der Waals surface area contributed by atoms with Gasteiger partial charge < -0.3 is 0 Å². The van der Waals surface area contributed by atoms with Crippen molar-refractivity contribution >= 4 is 31.3 Å². The van der Waals surface area contributed by atoms with Gasteiger partial charge in [0.15, 0.2) is 9.84 Å². The number of hydrogen-bond donors (Lipinski definition) is 0. The minimum Gasteiger partial charge on any atom is -0.229 e. The maximum atomic E-state index is 11.7. The van der Waals surface area contributed by atoms with Crippen molar-refractivity contribution in [1.29, 1.82) is 0 Å². The maximum absolute atomic E-state index is 11.7. The van der Waals surface area contributed by atoms with Crippen LogP contribution in [-0.2, 0) is 16.3 Å². The molecule has 0 spiro atoms. The van der Waals surface area contributed by atoms with E-state index in [0.29, 0.717) is 5.75 Å².